The second kappa shape index (κ2) is 13.0. The summed E-state index contributed by atoms with van der Waals surface area (Å²) >= 11 is 0. The molecule has 0 atom stereocenters. The Hall–Kier alpha value is -4.92. The van der Waals surface area contributed by atoms with E-state index in [0.29, 0.717) is 31.0 Å². The first kappa shape index (κ1) is 31.5. The second-order valence-electron chi connectivity index (χ2n) is 10.3. The first-order valence-electron chi connectivity index (χ1n) is 13.7. The van der Waals surface area contributed by atoms with Crippen LogP contribution in [0.3, 0.4) is 0 Å². The molecule has 0 saturated carbocycles. The van der Waals surface area contributed by atoms with Crippen LogP contribution in [0.5, 0.6) is 5.75 Å². The molecule has 230 valence electrons. The Morgan fingerprint density at radius 1 is 0.600 bits per heavy atom. The van der Waals surface area contributed by atoms with E-state index in [9.17, 15) is 35.1 Å². The number of hydrogen-bond donors (Lipinski definition) is 0. The lowest BCUT2D eigenvalue weighted by Crippen LogP contribution is -2.22. The van der Waals surface area contributed by atoms with Crippen molar-refractivity contribution in [2.24, 2.45) is 0 Å². The van der Waals surface area contributed by atoms with Gasteiger partial charge < -0.3 is 4.74 Å². The molecule has 5 aromatic carbocycles. The molecule has 5 rings (SSSR count). The number of aryl methyl sites for hydroxylation is 2. The van der Waals surface area contributed by atoms with Gasteiger partial charge in [0.2, 0.25) is 0 Å². The average Bonchev–Trinajstić information content (AvgIpc) is 3.02. The van der Waals surface area contributed by atoms with Crippen molar-refractivity contribution in [1.29, 1.82) is 0 Å². The Balaban J connectivity index is 1.20. The molecular formula is C36H24F8O. The van der Waals surface area contributed by atoms with Crippen LogP contribution in [0, 0.1) is 23.3 Å². The molecule has 0 bridgehead atoms. The standard InChI is InChI=1S/C36H24F8O/c1-21(37)34(41)26-12-10-25(11-13-26)24-8-4-22(5-9-24)2-3-23-6-14-28(15-7-23)36(43,44)45-29-16-17-30(31(38)20-29)27-18-32(39)35(42)33(40)19-27/h4-20H,2-3H2,1H3. The largest absolute Gasteiger partial charge is 0.429 e. The molecule has 0 unspecified atom stereocenters. The lowest BCUT2D eigenvalue weighted by Gasteiger charge is -2.19. The summed E-state index contributed by atoms with van der Waals surface area (Å²) in [5.74, 6) is -8.13. The maximum absolute atomic E-state index is 14.9. The van der Waals surface area contributed by atoms with Gasteiger partial charge in [-0.05, 0) is 84.0 Å². The minimum atomic E-state index is -3.82. The average molecular weight is 625 g/mol. The molecule has 0 amide bonds. The molecule has 0 saturated heterocycles. The van der Waals surface area contributed by atoms with Crippen molar-refractivity contribution in [2.75, 3.05) is 0 Å². The molecule has 0 aliphatic rings. The Labute approximate surface area is 254 Å². The van der Waals surface area contributed by atoms with Crippen LogP contribution in [0.2, 0.25) is 0 Å². The number of hydrogen-bond acceptors (Lipinski definition) is 1. The maximum atomic E-state index is 14.9. The number of halogens is 8. The highest BCUT2D eigenvalue weighted by atomic mass is 19.3. The van der Waals surface area contributed by atoms with Gasteiger partial charge in [0.15, 0.2) is 23.3 Å². The van der Waals surface area contributed by atoms with Crippen molar-refractivity contribution in [3.63, 3.8) is 0 Å². The summed E-state index contributed by atoms with van der Waals surface area (Å²) in [6, 6.07) is 23.5. The van der Waals surface area contributed by atoms with Crippen LogP contribution in [0.1, 0.15) is 29.2 Å². The van der Waals surface area contributed by atoms with Crippen molar-refractivity contribution in [2.45, 2.75) is 25.9 Å². The molecule has 0 spiro atoms. The highest BCUT2D eigenvalue weighted by Gasteiger charge is 2.34. The first-order valence-corrected chi connectivity index (χ1v) is 13.7. The highest BCUT2D eigenvalue weighted by molar-refractivity contribution is 5.68. The number of ether oxygens (including phenoxy) is 1. The molecule has 0 heterocycles. The zero-order valence-electron chi connectivity index (χ0n) is 23.7. The molecule has 45 heavy (non-hydrogen) atoms. The molecule has 0 aliphatic carbocycles. The third-order valence-electron chi connectivity index (χ3n) is 7.20. The molecular weight excluding hydrogens is 600 g/mol. The minimum absolute atomic E-state index is 0.161. The van der Waals surface area contributed by atoms with E-state index >= 15 is 0 Å². The molecule has 0 N–H and O–H groups in total. The smallest absolute Gasteiger partial charge is 0.426 e. The van der Waals surface area contributed by atoms with Crippen molar-refractivity contribution in [3.8, 4) is 28.0 Å². The summed E-state index contributed by atoms with van der Waals surface area (Å²) in [5.41, 5.74) is 2.60. The van der Waals surface area contributed by atoms with Crippen molar-refractivity contribution < 1.29 is 39.9 Å². The molecule has 1 nitrogen and oxygen atoms in total. The van der Waals surface area contributed by atoms with E-state index in [0.717, 1.165) is 41.3 Å². The maximum Gasteiger partial charge on any atom is 0.426 e. The number of benzene rings is 5. The lowest BCUT2D eigenvalue weighted by molar-refractivity contribution is -0.185. The van der Waals surface area contributed by atoms with Crippen LogP contribution in [0.15, 0.2) is 109 Å². The fraction of sp³-hybridized carbons (Fsp3) is 0.111. The van der Waals surface area contributed by atoms with E-state index in [2.05, 4.69) is 0 Å². The zero-order valence-corrected chi connectivity index (χ0v) is 23.7. The minimum Gasteiger partial charge on any atom is -0.429 e. The number of alkyl halides is 2. The Morgan fingerprint density at radius 2 is 1.11 bits per heavy atom. The summed E-state index contributed by atoms with van der Waals surface area (Å²) in [4.78, 5) is 0. The molecule has 0 aliphatic heterocycles. The summed E-state index contributed by atoms with van der Waals surface area (Å²) in [7, 11) is 0. The van der Waals surface area contributed by atoms with Crippen molar-refractivity contribution in [1.82, 2.24) is 0 Å². The third kappa shape index (κ3) is 7.25. The van der Waals surface area contributed by atoms with E-state index in [-0.39, 0.29) is 16.7 Å². The van der Waals surface area contributed by atoms with Crippen LogP contribution in [0.4, 0.5) is 35.1 Å². The van der Waals surface area contributed by atoms with Gasteiger partial charge in [0, 0.05) is 17.2 Å². The van der Waals surface area contributed by atoms with E-state index < -0.39 is 52.3 Å². The summed E-state index contributed by atoms with van der Waals surface area (Å²) in [6.07, 6.45) is -2.63. The van der Waals surface area contributed by atoms with Crippen LogP contribution in [-0.4, -0.2) is 0 Å². The topological polar surface area (TPSA) is 9.23 Å². The second-order valence-corrected chi connectivity index (χ2v) is 10.3. The van der Waals surface area contributed by atoms with Crippen LogP contribution >= 0.6 is 0 Å². The zero-order chi connectivity index (χ0) is 32.3. The van der Waals surface area contributed by atoms with E-state index in [4.69, 9.17) is 4.74 Å². The highest BCUT2D eigenvalue weighted by Crippen LogP contribution is 2.35. The van der Waals surface area contributed by atoms with Gasteiger partial charge in [-0.25, -0.2) is 26.3 Å². The van der Waals surface area contributed by atoms with Crippen LogP contribution < -0.4 is 4.74 Å². The number of allylic oxidation sites excluding steroid dienone is 1. The summed E-state index contributed by atoms with van der Waals surface area (Å²) in [5, 5.41) is 0. The van der Waals surface area contributed by atoms with Gasteiger partial charge in [0.1, 0.15) is 17.4 Å². The van der Waals surface area contributed by atoms with Gasteiger partial charge in [-0.2, -0.15) is 8.78 Å². The van der Waals surface area contributed by atoms with Gasteiger partial charge in [0.05, 0.1) is 5.56 Å². The fourth-order valence-electron chi connectivity index (χ4n) is 4.74. The molecule has 5 aromatic rings. The third-order valence-corrected chi connectivity index (χ3v) is 7.20. The van der Waals surface area contributed by atoms with Crippen LogP contribution in [-0.2, 0) is 19.0 Å². The molecule has 9 heteroatoms. The van der Waals surface area contributed by atoms with E-state index in [1.54, 1.807) is 12.1 Å². The van der Waals surface area contributed by atoms with Crippen molar-refractivity contribution >= 4 is 5.83 Å². The van der Waals surface area contributed by atoms with E-state index in [1.807, 2.05) is 24.3 Å². The van der Waals surface area contributed by atoms with Gasteiger partial charge >= 0.3 is 6.11 Å². The summed E-state index contributed by atoms with van der Waals surface area (Å²) < 4.78 is 116. The number of rotatable bonds is 9. The summed E-state index contributed by atoms with van der Waals surface area (Å²) in [6.45, 7) is 1.06. The van der Waals surface area contributed by atoms with Gasteiger partial charge in [-0.1, -0.05) is 60.7 Å². The van der Waals surface area contributed by atoms with Gasteiger partial charge in [-0.15, -0.1) is 0 Å². The SMILES string of the molecule is CC(F)=C(F)c1ccc(-c2ccc(CCc3ccc(C(F)(F)Oc4ccc(-c5cc(F)c(F)c(F)c5)c(F)c4)cc3)cc2)cc1. The van der Waals surface area contributed by atoms with Gasteiger partial charge in [-0.3, -0.25) is 0 Å². The quantitative estimate of drug-likeness (QED) is 0.117. The fourth-order valence-corrected chi connectivity index (χ4v) is 4.74. The monoisotopic (exact) mass is 624 g/mol. The predicted molar refractivity (Wildman–Crippen MR) is 157 cm³/mol. The first-order chi connectivity index (χ1) is 21.4. The molecule has 0 fully saturated rings. The Morgan fingerprint density at radius 3 is 1.62 bits per heavy atom. The predicted octanol–water partition coefficient (Wildman–Crippen LogP) is 11.1. The van der Waals surface area contributed by atoms with Crippen molar-refractivity contribution in [3.05, 3.63) is 154 Å². The Kier molecular flexibility index (Phi) is 9.09. The Bertz CT molecular complexity index is 1820. The normalized spacial score (nSPS) is 12.2. The molecule has 0 radical (unpaired) electrons. The van der Waals surface area contributed by atoms with Crippen LogP contribution in [0.25, 0.3) is 28.1 Å². The van der Waals surface area contributed by atoms with E-state index in [1.165, 1.54) is 36.4 Å². The van der Waals surface area contributed by atoms with Gasteiger partial charge in [0.25, 0.3) is 0 Å². The molecule has 0 aromatic heterocycles. The lowest BCUT2D eigenvalue weighted by atomic mass is 9.99.